The summed E-state index contributed by atoms with van der Waals surface area (Å²) in [5, 5.41) is 9.80. The molecule has 0 spiro atoms. The van der Waals surface area contributed by atoms with E-state index in [0.29, 0.717) is 17.6 Å². The summed E-state index contributed by atoms with van der Waals surface area (Å²) in [5.41, 5.74) is 2.62. The molecule has 3 heteroatoms. The van der Waals surface area contributed by atoms with Gasteiger partial charge in [0.15, 0.2) is 0 Å². The third-order valence-electron chi connectivity index (χ3n) is 4.25. The van der Waals surface area contributed by atoms with E-state index in [1.54, 1.807) is 6.07 Å². The van der Waals surface area contributed by atoms with E-state index in [-0.39, 0.29) is 12.4 Å². The Labute approximate surface area is 146 Å². The fourth-order valence-electron chi connectivity index (χ4n) is 3.32. The second kappa shape index (κ2) is 9.59. The molecular formula is C20H28ClNO. The van der Waals surface area contributed by atoms with E-state index in [4.69, 9.17) is 0 Å². The van der Waals surface area contributed by atoms with Gasteiger partial charge in [0.05, 0.1) is 0 Å². The zero-order valence-electron chi connectivity index (χ0n) is 14.3. The van der Waals surface area contributed by atoms with Crippen LogP contribution in [0.25, 0.3) is 0 Å². The van der Waals surface area contributed by atoms with Gasteiger partial charge in [-0.05, 0) is 62.0 Å². The second-order valence-electron chi connectivity index (χ2n) is 6.32. The molecule has 23 heavy (non-hydrogen) atoms. The molecule has 0 saturated heterocycles. The highest BCUT2D eigenvalue weighted by molar-refractivity contribution is 5.85. The lowest BCUT2D eigenvalue weighted by Crippen LogP contribution is -2.28. The summed E-state index contributed by atoms with van der Waals surface area (Å²) in [6.45, 7) is 3.28. The van der Waals surface area contributed by atoms with Gasteiger partial charge in [-0.2, -0.15) is 0 Å². The number of phenolic OH excluding ortho intramolecular Hbond substituents is 1. The van der Waals surface area contributed by atoms with Crippen molar-refractivity contribution in [1.82, 2.24) is 4.90 Å². The molecule has 0 heterocycles. The van der Waals surface area contributed by atoms with E-state index in [0.717, 1.165) is 19.4 Å². The summed E-state index contributed by atoms with van der Waals surface area (Å²) in [4.78, 5) is 2.26. The molecule has 0 radical (unpaired) electrons. The highest BCUT2D eigenvalue weighted by atomic mass is 35.5. The zero-order valence-corrected chi connectivity index (χ0v) is 15.1. The second-order valence-corrected chi connectivity index (χ2v) is 6.32. The first-order valence-corrected chi connectivity index (χ1v) is 8.07. The van der Waals surface area contributed by atoms with Gasteiger partial charge in [0.1, 0.15) is 5.75 Å². The third kappa shape index (κ3) is 5.89. The van der Waals surface area contributed by atoms with Gasteiger partial charge in [0.2, 0.25) is 0 Å². The van der Waals surface area contributed by atoms with E-state index in [2.05, 4.69) is 62.3 Å². The minimum atomic E-state index is 0. The van der Waals surface area contributed by atoms with Crippen LogP contribution >= 0.6 is 12.4 Å². The molecule has 2 rings (SSSR count). The molecule has 2 atom stereocenters. The normalized spacial score (nSPS) is 13.4. The van der Waals surface area contributed by atoms with Crippen molar-refractivity contribution >= 4 is 12.4 Å². The minimum absolute atomic E-state index is 0. The average molecular weight is 334 g/mol. The molecule has 0 saturated carbocycles. The van der Waals surface area contributed by atoms with Crippen molar-refractivity contribution in [3.05, 3.63) is 65.7 Å². The van der Waals surface area contributed by atoms with E-state index < -0.39 is 0 Å². The predicted octanol–water partition coefficient (Wildman–Crippen LogP) is 4.73. The van der Waals surface area contributed by atoms with E-state index in [1.165, 1.54) is 11.1 Å². The fraction of sp³-hybridized carbons (Fsp3) is 0.400. The number of hydrogen-bond donors (Lipinski definition) is 1. The maximum Gasteiger partial charge on any atom is 0.115 e. The largest absolute Gasteiger partial charge is 0.508 e. The number of aromatic hydroxyl groups is 1. The summed E-state index contributed by atoms with van der Waals surface area (Å²) in [5.74, 6) is 1.35. The van der Waals surface area contributed by atoms with Crippen LogP contribution in [0.2, 0.25) is 0 Å². The summed E-state index contributed by atoms with van der Waals surface area (Å²) in [6, 6.07) is 18.4. The van der Waals surface area contributed by atoms with Crippen LogP contribution in [-0.2, 0) is 6.42 Å². The number of rotatable bonds is 7. The molecule has 2 aromatic rings. The van der Waals surface area contributed by atoms with Crippen molar-refractivity contribution in [2.75, 3.05) is 20.6 Å². The van der Waals surface area contributed by atoms with Crippen LogP contribution in [-0.4, -0.2) is 30.6 Å². The van der Waals surface area contributed by atoms with Crippen LogP contribution in [0.15, 0.2) is 54.6 Å². The highest BCUT2D eigenvalue weighted by Gasteiger charge is 2.23. The molecule has 0 amide bonds. The quantitative estimate of drug-likeness (QED) is 0.792. The molecule has 1 N–H and O–H groups in total. The van der Waals surface area contributed by atoms with Gasteiger partial charge >= 0.3 is 0 Å². The fourth-order valence-corrected chi connectivity index (χ4v) is 3.32. The Morgan fingerprint density at radius 2 is 1.70 bits per heavy atom. The molecule has 2 unspecified atom stereocenters. The maximum atomic E-state index is 9.80. The van der Waals surface area contributed by atoms with Gasteiger partial charge in [-0.25, -0.2) is 0 Å². The number of phenols is 1. The maximum absolute atomic E-state index is 9.80. The Bertz CT molecular complexity index is 571. The van der Waals surface area contributed by atoms with Crippen LogP contribution in [0.1, 0.15) is 30.4 Å². The molecule has 0 aliphatic rings. The minimum Gasteiger partial charge on any atom is -0.508 e. The van der Waals surface area contributed by atoms with Crippen LogP contribution in [0, 0.1) is 5.92 Å². The monoisotopic (exact) mass is 333 g/mol. The Morgan fingerprint density at radius 3 is 2.26 bits per heavy atom. The van der Waals surface area contributed by atoms with Gasteiger partial charge in [-0.1, -0.05) is 49.4 Å². The van der Waals surface area contributed by atoms with E-state index in [1.807, 2.05) is 12.1 Å². The summed E-state index contributed by atoms with van der Waals surface area (Å²) < 4.78 is 0. The van der Waals surface area contributed by atoms with Crippen molar-refractivity contribution in [2.45, 2.75) is 25.7 Å². The molecular weight excluding hydrogens is 306 g/mol. The first-order valence-electron chi connectivity index (χ1n) is 8.07. The number of halogens is 1. The lowest BCUT2D eigenvalue weighted by Gasteiger charge is -2.29. The standard InChI is InChI=1S/C20H27NO.ClH/c1-4-20(17-11-8-12-19(22)14-17)18(15-21(2)3)13-16-9-6-5-7-10-16;/h5-12,14,18,20,22H,4,13,15H2,1-3H3;1H. The molecule has 0 aliphatic carbocycles. The Morgan fingerprint density at radius 1 is 1.00 bits per heavy atom. The smallest absolute Gasteiger partial charge is 0.115 e. The molecule has 2 nitrogen and oxygen atoms in total. The van der Waals surface area contributed by atoms with Gasteiger partial charge in [-0.15, -0.1) is 12.4 Å². The molecule has 2 aromatic carbocycles. The predicted molar refractivity (Wildman–Crippen MR) is 101 cm³/mol. The Balaban J connectivity index is 0.00000264. The molecule has 0 bridgehead atoms. The van der Waals surface area contributed by atoms with Gasteiger partial charge in [0, 0.05) is 6.54 Å². The molecule has 126 valence electrons. The van der Waals surface area contributed by atoms with E-state index >= 15 is 0 Å². The van der Waals surface area contributed by atoms with Crippen LogP contribution in [0.4, 0.5) is 0 Å². The van der Waals surface area contributed by atoms with Crippen molar-refractivity contribution in [3.8, 4) is 5.75 Å². The van der Waals surface area contributed by atoms with Crippen LogP contribution < -0.4 is 0 Å². The lowest BCUT2D eigenvalue weighted by atomic mass is 9.80. The first-order chi connectivity index (χ1) is 10.6. The highest BCUT2D eigenvalue weighted by Crippen LogP contribution is 2.32. The Hall–Kier alpha value is -1.51. The molecule has 0 fully saturated rings. The average Bonchev–Trinajstić information content (AvgIpc) is 2.48. The summed E-state index contributed by atoms with van der Waals surface area (Å²) in [6.07, 6.45) is 2.14. The summed E-state index contributed by atoms with van der Waals surface area (Å²) in [7, 11) is 4.26. The molecule has 0 aromatic heterocycles. The topological polar surface area (TPSA) is 23.5 Å². The van der Waals surface area contributed by atoms with Gasteiger partial charge < -0.3 is 10.0 Å². The third-order valence-corrected chi connectivity index (χ3v) is 4.25. The van der Waals surface area contributed by atoms with E-state index in [9.17, 15) is 5.11 Å². The van der Waals surface area contributed by atoms with Crippen molar-refractivity contribution < 1.29 is 5.11 Å². The summed E-state index contributed by atoms with van der Waals surface area (Å²) >= 11 is 0. The van der Waals surface area contributed by atoms with Crippen LogP contribution in [0.5, 0.6) is 5.75 Å². The number of benzene rings is 2. The zero-order chi connectivity index (χ0) is 15.9. The molecule has 0 aliphatic heterocycles. The van der Waals surface area contributed by atoms with Crippen molar-refractivity contribution in [1.29, 1.82) is 0 Å². The number of nitrogens with zero attached hydrogens (tertiary/aromatic N) is 1. The Kier molecular flexibility index (Phi) is 8.15. The van der Waals surface area contributed by atoms with Gasteiger partial charge in [0.25, 0.3) is 0 Å². The van der Waals surface area contributed by atoms with Crippen molar-refractivity contribution in [3.63, 3.8) is 0 Å². The van der Waals surface area contributed by atoms with Crippen molar-refractivity contribution in [2.24, 2.45) is 5.92 Å². The van der Waals surface area contributed by atoms with Crippen LogP contribution in [0.3, 0.4) is 0 Å². The van der Waals surface area contributed by atoms with Gasteiger partial charge in [-0.3, -0.25) is 0 Å². The number of hydrogen-bond acceptors (Lipinski definition) is 2. The lowest BCUT2D eigenvalue weighted by molar-refractivity contribution is 0.282. The first kappa shape index (κ1) is 19.5. The SMILES string of the molecule is CCC(c1cccc(O)c1)C(Cc1ccccc1)CN(C)C.Cl.